The summed E-state index contributed by atoms with van der Waals surface area (Å²) < 4.78 is 7.22. The molecule has 108 valence electrons. The van der Waals surface area contributed by atoms with Crippen molar-refractivity contribution >= 4 is 11.2 Å². The van der Waals surface area contributed by atoms with Crippen molar-refractivity contribution in [1.29, 1.82) is 0 Å². The number of hydrogen-bond acceptors (Lipinski definition) is 4. The molecule has 0 bridgehead atoms. The molecule has 1 N–H and O–H groups in total. The number of aromatic nitrogens is 4. The van der Waals surface area contributed by atoms with Crippen molar-refractivity contribution in [2.24, 2.45) is 4.99 Å². The first-order valence-electron chi connectivity index (χ1n) is 6.91. The van der Waals surface area contributed by atoms with Crippen LogP contribution in [0.5, 0.6) is 0 Å². The molecule has 0 aliphatic carbocycles. The van der Waals surface area contributed by atoms with Gasteiger partial charge in [0.15, 0.2) is 11.1 Å². The quantitative estimate of drug-likeness (QED) is 0.630. The molecule has 1 aromatic carbocycles. The van der Waals surface area contributed by atoms with Gasteiger partial charge in [-0.15, -0.1) is 0 Å². The number of benzene rings is 1. The summed E-state index contributed by atoms with van der Waals surface area (Å²) in [6.07, 6.45) is 5.02. The molecule has 0 atom stereocenters. The maximum atomic E-state index is 5.29. The fourth-order valence-electron chi connectivity index (χ4n) is 2.32. The number of fused-ring (bicyclic) bond motifs is 1. The molecule has 6 nitrogen and oxygen atoms in total. The minimum absolute atomic E-state index is 0.448. The highest BCUT2D eigenvalue weighted by Crippen LogP contribution is 2.11. The predicted octanol–water partition coefficient (Wildman–Crippen LogP) is 2.44. The van der Waals surface area contributed by atoms with Gasteiger partial charge < -0.3 is 9.40 Å². The van der Waals surface area contributed by atoms with Crippen LogP contribution in [0.15, 0.2) is 70.8 Å². The minimum atomic E-state index is 0.448. The Morgan fingerprint density at radius 1 is 1.09 bits per heavy atom. The van der Waals surface area contributed by atoms with E-state index in [0.717, 1.165) is 22.6 Å². The number of nitrogens with one attached hydrogen (secondary N) is 1. The van der Waals surface area contributed by atoms with Gasteiger partial charge in [0.25, 0.3) is 0 Å². The minimum Gasteiger partial charge on any atom is -0.467 e. The van der Waals surface area contributed by atoms with E-state index in [1.165, 1.54) is 0 Å². The lowest BCUT2D eigenvalue weighted by molar-refractivity contribution is 0.510. The zero-order valence-electron chi connectivity index (χ0n) is 11.7. The summed E-state index contributed by atoms with van der Waals surface area (Å²) in [4.78, 5) is 16.4. The van der Waals surface area contributed by atoms with Gasteiger partial charge in [0.1, 0.15) is 17.6 Å². The van der Waals surface area contributed by atoms with Gasteiger partial charge in [0, 0.05) is 5.69 Å². The van der Waals surface area contributed by atoms with Crippen LogP contribution in [-0.4, -0.2) is 19.5 Å². The number of rotatable bonds is 3. The molecule has 0 unspecified atom stereocenters. The third-order valence-electron chi connectivity index (χ3n) is 3.37. The summed E-state index contributed by atoms with van der Waals surface area (Å²) in [6.45, 7) is 0.448. The number of furan rings is 1. The fourth-order valence-corrected chi connectivity index (χ4v) is 2.32. The Kier molecular flexibility index (Phi) is 3.05. The van der Waals surface area contributed by atoms with Crippen LogP contribution in [0.3, 0.4) is 0 Å². The Bertz CT molecular complexity index is 951. The first-order valence-corrected chi connectivity index (χ1v) is 6.91. The lowest BCUT2D eigenvalue weighted by Crippen LogP contribution is -2.13. The largest absolute Gasteiger partial charge is 0.467 e. The van der Waals surface area contributed by atoms with Gasteiger partial charge in [-0.3, -0.25) is 9.56 Å². The van der Waals surface area contributed by atoms with Crippen molar-refractivity contribution in [3.8, 4) is 5.69 Å². The van der Waals surface area contributed by atoms with E-state index in [-0.39, 0.29) is 0 Å². The van der Waals surface area contributed by atoms with Crippen molar-refractivity contribution in [3.05, 3.63) is 72.6 Å². The summed E-state index contributed by atoms with van der Waals surface area (Å²) in [5.74, 6) is 0.800. The highest BCUT2D eigenvalue weighted by molar-refractivity contribution is 5.70. The second-order valence-electron chi connectivity index (χ2n) is 4.77. The molecule has 0 saturated carbocycles. The molecule has 3 aromatic heterocycles. The van der Waals surface area contributed by atoms with Crippen LogP contribution >= 0.6 is 0 Å². The molecule has 4 rings (SSSR count). The first kappa shape index (κ1) is 12.6. The zero-order valence-corrected chi connectivity index (χ0v) is 11.7. The normalized spacial score (nSPS) is 12.1. The van der Waals surface area contributed by atoms with Crippen molar-refractivity contribution in [2.75, 3.05) is 0 Å². The number of aromatic amines is 1. The second-order valence-corrected chi connectivity index (χ2v) is 4.77. The summed E-state index contributed by atoms with van der Waals surface area (Å²) in [5.41, 5.74) is 3.22. The first-order chi connectivity index (χ1) is 10.9. The Morgan fingerprint density at radius 2 is 2.00 bits per heavy atom. The van der Waals surface area contributed by atoms with E-state index in [0.29, 0.717) is 12.0 Å². The standard InChI is InChI=1S/C16H13N5O/c1-2-5-12(6-3-1)21-11-20-15(14-16(21)19-10-18-14)17-9-13-7-4-8-22-13/h1-8,10-11H,9H2,(H,18,19). The van der Waals surface area contributed by atoms with Gasteiger partial charge in [0.05, 0.1) is 19.1 Å². The third kappa shape index (κ3) is 2.20. The maximum absolute atomic E-state index is 5.29. The van der Waals surface area contributed by atoms with E-state index < -0.39 is 0 Å². The number of imidazole rings is 1. The highest BCUT2D eigenvalue weighted by atomic mass is 16.3. The molecule has 0 amide bonds. The molecular formula is C16H13N5O. The maximum Gasteiger partial charge on any atom is 0.177 e. The van der Waals surface area contributed by atoms with Crippen LogP contribution in [0.25, 0.3) is 16.9 Å². The third-order valence-corrected chi connectivity index (χ3v) is 3.37. The predicted molar refractivity (Wildman–Crippen MR) is 81.2 cm³/mol. The molecule has 0 spiro atoms. The van der Waals surface area contributed by atoms with Crippen molar-refractivity contribution < 1.29 is 4.42 Å². The van der Waals surface area contributed by atoms with E-state index in [1.807, 2.05) is 47.0 Å². The molecule has 0 aliphatic heterocycles. The number of para-hydroxylation sites is 1. The number of nitrogens with zero attached hydrogens (tertiary/aromatic N) is 4. The van der Waals surface area contributed by atoms with E-state index in [1.54, 1.807) is 18.9 Å². The average Bonchev–Trinajstić information content (AvgIpc) is 3.25. The molecule has 22 heavy (non-hydrogen) atoms. The van der Waals surface area contributed by atoms with E-state index >= 15 is 0 Å². The Hall–Kier alpha value is -3.15. The molecule has 3 heterocycles. The monoisotopic (exact) mass is 291 g/mol. The Labute approximate surface area is 125 Å². The molecule has 0 aliphatic rings. The van der Waals surface area contributed by atoms with Crippen molar-refractivity contribution in [1.82, 2.24) is 19.5 Å². The topological polar surface area (TPSA) is 72.0 Å². The van der Waals surface area contributed by atoms with Crippen LogP contribution in [-0.2, 0) is 6.54 Å². The Morgan fingerprint density at radius 3 is 2.82 bits per heavy atom. The highest BCUT2D eigenvalue weighted by Gasteiger charge is 2.06. The lowest BCUT2D eigenvalue weighted by atomic mass is 10.3. The van der Waals surface area contributed by atoms with E-state index in [4.69, 9.17) is 4.42 Å². The average molecular weight is 291 g/mol. The molecule has 0 fully saturated rings. The molecule has 0 radical (unpaired) electrons. The van der Waals surface area contributed by atoms with Gasteiger partial charge in [-0.05, 0) is 24.3 Å². The Balaban J connectivity index is 1.83. The SMILES string of the molecule is c1ccc(-n2cnc(=NCc3ccco3)c3[nH]cnc32)cc1. The van der Waals surface area contributed by atoms with Crippen LogP contribution in [0, 0.1) is 0 Å². The van der Waals surface area contributed by atoms with Gasteiger partial charge in [-0.25, -0.2) is 9.97 Å². The number of H-pyrrole nitrogens is 1. The zero-order chi connectivity index (χ0) is 14.8. The van der Waals surface area contributed by atoms with Gasteiger partial charge in [-0.1, -0.05) is 18.2 Å². The molecule has 0 saturated heterocycles. The van der Waals surface area contributed by atoms with Gasteiger partial charge in [0.2, 0.25) is 0 Å². The van der Waals surface area contributed by atoms with Crippen LogP contribution in [0.2, 0.25) is 0 Å². The molecule has 4 aromatic rings. The molecular weight excluding hydrogens is 278 g/mol. The van der Waals surface area contributed by atoms with Gasteiger partial charge >= 0.3 is 0 Å². The van der Waals surface area contributed by atoms with Crippen LogP contribution in [0.1, 0.15) is 5.76 Å². The smallest absolute Gasteiger partial charge is 0.177 e. The lowest BCUT2D eigenvalue weighted by Gasteiger charge is -2.06. The van der Waals surface area contributed by atoms with Gasteiger partial charge in [-0.2, -0.15) is 0 Å². The summed E-state index contributed by atoms with van der Waals surface area (Å²) in [5, 5.41) is 0. The molecule has 6 heteroatoms. The van der Waals surface area contributed by atoms with Crippen LogP contribution < -0.4 is 5.49 Å². The summed E-state index contributed by atoms with van der Waals surface area (Å²) in [7, 11) is 0. The van der Waals surface area contributed by atoms with E-state index in [2.05, 4.69) is 19.9 Å². The number of hydrogen-bond donors (Lipinski definition) is 1. The van der Waals surface area contributed by atoms with E-state index in [9.17, 15) is 0 Å². The van der Waals surface area contributed by atoms with Crippen LogP contribution in [0.4, 0.5) is 0 Å². The fraction of sp³-hybridized carbons (Fsp3) is 0.0625. The summed E-state index contributed by atoms with van der Waals surface area (Å²) >= 11 is 0. The van der Waals surface area contributed by atoms with Crippen molar-refractivity contribution in [2.45, 2.75) is 6.54 Å². The second kappa shape index (κ2) is 5.33. The van der Waals surface area contributed by atoms with Crippen molar-refractivity contribution in [3.63, 3.8) is 0 Å². The summed E-state index contributed by atoms with van der Waals surface area (Å²) in [6, 6.07) is 13.7.